The third-order valence-electron chi connectivity index (χ3n) is 7.11. The number of amides is 2. The maximum absolute atomic E-state index is 13.8. The van der Waals surface area contributed by atoms with Gasteiger partial charge in [0.1, 0.15) is 5.82 Å². The first kappa shape index (κ1) is 31.8. The van der Waals surface area contributed by atoms with Crippen LogP contribution in [-0.4, -0.2) is 88.8 Å². The van der Waals surface area contributed by atoms with Gasteiger partial charge in [0.25, 0.3) is 17.6 Å². The van der Waals surface area contributed by atoms with E-state index in [1.807, 2.05) is 13.8 Å². The minimum Gasteiger partial charge on any atom is -0.449 e. The number of aromatic nitrogens is 1. The SMILES string of the molecule is C.CCOC(=O)n1cc(C(=O)C(=O)N(C)C)c2cc(C(=O)N3C[C@H](C)N(Cc4ccc(F)cc4)C[C@H]3C)c(Cl)cc21. The van der Waals surface area contributed by atoms with Crippen LogP contribution in [0.3, 0.4) is 0 Å². The van der Waals surface area contributed by atoms with Gasteiger partial charge in [0.05, 0.1) is 28.3 Å². The van der Waals surface area contributed by atoms with Crippen molar-refractivity contribution in [3.63, 3.8) is 0 Å². The highest BCUT2D eigenvalue weighted by Gasteiger charge is 2.34. The highest BCUT2D eigenvalue weighted by atomic mass is 35.5. The van der Waals surface area contributed by atoms with Gasteiger partial charge < -0.3 is 14.5 Å². The summed E-state index contributed by atoms with van der Waals surface area (Å²) >= 11 is 6.59. The molecule has 0 saturated carbocycles. The van der Waals surface area contributed by atoms with Crippen LogP contribution in [0.25, 0.3) is 10.9 Å². The van der Waals surface area contributed by atoms with E-state index >= 15 is 0 Å². The highest BCUT2D eigenvalue weighted by molar-refractivity contribution is 6.45. The molecule has 0 radical (unpaired) electrons. The van der Waals surface area contributed by atoms with Crippen molar-refractivity contribution >= 4 is 46.2 Å². The van der Waals surface area contributed by atoms with E-state index in [9.17, 15) is 23.6 Å². The smallest absolute Gasteiger partial charge is 0.418 e. The van der Waals surface area contributed by atoms with Crippen molar-refractivity contribution in [1.29, 1.82) is 0 Å². The number of rotatable bonds is 6. The second-order valence-electron chi connectivity index (χ2n) is 10.2. The van der Waals surface area contributed by atoms with Crippen LogP contribution in [0, 0.1) is 5.82 Å². The Morgan fingerprint density at radius 3 is 2.29 bits per heavy atom. The molecule has 0 N–H and O–H groups in total. The Kier molecular flexibility index (Phi) is 9.94. The fourth-order valence-corrected chi connectivity index (χ4v) is 5.17. The second kappa shape index (κ2) is 12.8. The van der Waals surface area contributed by atoms with Crippen LogP contribution in [0.1, 0.15) is 54.5 Å². The molecule has 0 unspecified atom stereocenters. The quantitative estimate of drug-likeness (QED) is 0.295. The molecule has 0 aliphatic carbocycles. The maximum Gasteiger partial charge on any atom is 0.418 e. The minimum atomic E-state index is -0.824. The van der Waals surface area contributed by atoms with E-state index in [2.05, 4.69) is 4.90 Å². The number of piperazine rings is 1. The highest BCUT2D eigenvalue weighted by Crippen LogP contribution is 2.31. The molecule has 1 aliphatic heterocycles. The molecular formula is C30H36ClFN4O5. The molecule has 9 nitrogen and oxygen atoms in total. The van der Waals surface area contributed by atoms with Crippen molar-refractivity contribution in [2.45, 2.75) is 46.8 Å². The first-order chi connectivity index (χ1) is 18.9. The number of likely N-dealkylation sites (N-methyl/N-ethyl adjacent to an activating group) is 1. The van der Waals surface area contributed by atoms with E-state index in [4.69, 9.17) is 16.3 Å². The van der Waals surface area contributed by atoms with Crippen LogP contribution in [-0.2, 0) is 16.1 Å². The van der Waals surface area contributed by atoms with Gasteiger partial charge in [0, 0.05) is 57.4 Å². The molecule has 2 aromatic carbocycles. The lowest BCUT2D eigenvalue weighted by Crippen LogP contribution is -2.57. The molecular weight excluding hydrogens is 551 g/mol. The molecule has 1 aromatic heterocycles. The number of ether oxygens (including phenoxy) is 1. The summed E-state index contributed by atoms with van der Waals surface area (Å²) in [5.41, 5.74) is 1.36. The van der Waals surface area contributed by atoms with Crippen LogP contribution < -0.4 is 0 Å². The second-order valence-corrected chi connectivity index (χ2v) is 10.6. The third-order valence-corrected chi connectivity index (χ3v) is 7.42. The van der Waals surface area contributed by atoms with Gasteiger partial charge in [-0.25, -0.2) is 9.18 Å². The Morgan fingerprint density at radius 1 is 1.02 bits per heavy atom. The summed E-state index contributed by atoms with van der Waals surface area (Å²) in [6.07, 6.45) is 0.509. The average Bonchev–Trinajstić information content (AvgIpc) is 3.28. The van der Waals surface area contributed by atoms with E-state index in [0.717, 1.165) is 15.0 Å². The maximum atomic E-state index is 13.8. The number of halogens is 2. The van der Waals surface area contributed by atoms with Crippen molar-refractivity contribution in [3.8, 4) is 0 Å². The standard InChI is InChI=1S/C29H32ClFN4O5.CH4/c1-6-40-29(39)35-16-23(26(36)28(38)32(4)5)21-11-22(24(30)12-25(21)35)27(37)34-14-17(2)33(13-18(34)3)15-19-7-9-20(31)10-8-19;/h7-12,16-18H,6,13-15H2,1-5H3;1H4/t17-,18+;/m0./s1. The number of benzene rings is 2. The Balaban J connectivity index is 0.00000462. The molecule has 1 aliphatic rings. The van der Waals surface area contributed by atoms with Gasteiger partial charge in [0.2, 0.25) is 0 Å². The summed E-state index contributed by atoms with van der Waals surface area (Å²) in [4.78, 5) is 57.1. The number of Topliss-reactive ketones (excluding diaryl/α,β-unsaturated/α-hetero) is 1. The molecule has 2 atom stereocenters. The molecule has 1 fully saturated rings. The Bertz CT molecular complexity index is 1470. The van der Waals surface area contributed by atoms with Crippen LogP contribution in [0.15, 0.2) is 42.6 Å². The first-order valence-corrected chi connectivity index (χ1v) is 13.4. The summed E-state index contributed by atoms with van der Waals surface area (Å²) in [6.45, 7) is 7.34. The molecule has 2 heterocycles. The zero-order chi connectivity index (χ0) is 29.3. The molecule has 220 valence electrons. The van der Waals surface area contributed by atoms with Crippen molar-refractivity contribution in [2.75, 3.05) is 33.8 Å². The first-order valence-electron chi connectivity index (χ1n) is 13.0. The number of hydrogen-bond acceptors (Lipinski definition) is 6. The van der Waals surface area contributed by atoms with Gasteiger partial charge in [0.15, 0.2) is 0 Å². The van der Waals surface area contributed by atoms with Gasteiger partial charge in [-0.15, -0.1) is 0 Å². The molecule has 0 spiro atoms. The van der Waals surface area contributed by atoms with Crippen LogP contribution in [0.2, 0.25) is 5.02 Å². The molecule has 11 heteroatoms. The fourth-order valence-electron chi connectivity index (χ4n) is 4.93. The van der Waals surface area contributed by atoms with Crippen LogP contribution in [0.5, 0.6) is 0 Å². The summed E-state index contributed by atoms with van der Waals surface area (Å²) in [5.74, 6) is -2.21. The van der Waals surface area contributed by atoms with Crippen molar-refractivity contribution in [2.24, 2.45) is 0 Å². The van der Waals surface area contributed by atoms with Gasteiger partial charge in [-0.1, -0.05) is 31.2 Å². The lowest BCUT2D eigenvalue weighted by atomic mass is 10.0. The molecule has 3 aromatic rings. The van der Waals surface area contributed by atoms with E-state index in [1.165, 1.54) is 44.6 Å². The number of fused-ring (bicyclic) bond motifs is 1. The molecule has 0 bridgehead atoms. The van der Waals surface area contributed by atoms with Crippen molar-refractivity contribution in [1.82, 2.24) is 19.3 Å². The Labute approximate surface area is 244 Å². The number of nitrogens with zero attached hydrogens (tertiary/aromatic N) is 4. The van der Waals surface area contributed by atoms with E-state index in [0.29, 0.717) is 19.6 Å². The van der Waals surface area contributed by atoms with E-state index in [-0.39, 0.29) is 64.9 Å². The zero-order valence-electron chi connectivity index (χ0n) is 23.1. The number of carbonyl (C=O) groups is 4. The summed E-state index contributed by atoms with van der Waals surface area (Å²) in [7, 11) is 2.91. The Morgan fingerprint density at radius 2 is 1.68 bits per heavy atom. The average molecular weight is 587 g/mol. The van der Waals surface area contributed by atoms with Gasteiger partial charge in [-0.3, -0.25) is 23.9 Å². The zero-order valence-corrected chi connectivity index (χ0v) is 23.9. The minimum absolute atomic E-state index is 0. The fraction of sp³-hybridized carbons (Fsp3) is 0.400. The van der Waals surface area contributed by atoms with Crippen LogP contribution in [0.4, 0.5) is 9.18 Å². The normalized spacial score (nSPS) is 17.2. The lowest BCUT2D eigenvalue weighted by molar-refractivity contribution is -0.124. The molecule has 2 amide bonds. The Hall–Kier alpha value is -3.76. The van der Waals surface area contributed by atoms with E-state index in [1.54, 1.807) is 24.0 Å². The summed E-state index contributed by atoms with van der Waals surface area (Å²) < 4.78 is 19.6. The molecule has 1 saturated heterocycles. The predicted molar refractivity (Wildman–Crippen MR) is 156 cm³/mol. The van der Waals surface area contributed by atoms with Gasteiger partial charge in [-0.2, -0.15) is 0 Å². The van der Waals surface area contributed by atoms with Crippen LogP contribution >= 0.6 is 11.6 Å². The number of ketones is 1. The topological polar surface area (TPSA) is 92.2 Å². The monoisotopic (exact) mass is 586 g/mol. The van der Waals surface area contributed by atoms with E-state index < -0.39 is 17.8 Å². The summed E-state index contributed by atoms with van der Waals surface area (Å²) in [6, 6.07) is 9.11. The number of carbonyl (C=O) groups excluding carboxylic acids is 4. The van der Waals surface area contributed by atoms with Gasteiger partial charge in [-0.05, 0) is 50.6 Å². The predicted octanol–water partition coefficient (Wildman–Crippen LogP) is 5.08. The third kappa shape index (κ3) is 6.44. The summed E-state index contributed by atoms with van der Waals surface area (Å²) in [5, 5.41) is 0.351. The van der Waals surface area contributed by atoms with Crippen molar-refractivity contribution < 1.29 is 28.3 Å². The van der Waals surface area contributed by atoms with Gasteiger partial charge >= 0.3 is 6.09 Å². The molecule has 4 rings (SSSR count). The molecule has 41 heavy (non-hydrogen) atoms. The largest absolute Gasteiger partial charge is 0.449 e. The number of hydrogen-bond donors (Lipinski definition) is 0. The lowest BCUT2D eigenvalue weighted by Gasteiger charge is -2.44. The van der Waals surface area contributed by atoms with Crippen molar-refractivity contribution in [3.05, 3.63) is 70.1 Å².